The number of carbonyl (C=O) groups is 1. The minimum atomic E-state index is -0.140. The summed E-state index contributed by atoms with van der Waals surface area (Å²) >= 11 is 0. The second-order valence-electron chi connectivity index (χ2n) is 3.19. The van der Waals surface area contributed by atoms with E-state index in [4.69, 9.17) is 4.84 Å². The number of amidine groups is 1. The molecule has 1 aliphatic rings. The standard InChI is InChI=1S/C10H16N2O2/c1-2-3-4-5-8-14-12-9-6-7-10(13)11-9/h6-7H,2-5,8H2,1H3,(H,11,12,13). The van der Waals surface area contributed by atoms with Gasteiger partial charge in [-0.3, -0.25) is 4.79 Å². The number of hydrogen-bond acceptors (Lipinski definition) is 3. The monoisotopic (exact) mass is 196 g/mol. The topological polar surface area (TPSA) is 50.7 Å². The van der Waals surface area contributed by atoms with Crippen LogP contribution in [0.4, 0.5) is 0 Å². The van der Waals surface area contributed by atoms with Crippen molar-refractivity contribution in [3.05, 3.63) is 12.2 Å². The van der Waals surface area contributed by atoms with Crippen LogP contribution in [0.2, 0.25) is 0 Å². The van der Waals surface area contributed by atoms with Crippen molar-refractivity contribution < 1.29 is 9.63 Å². The zero-order chi connectivity index (χ0) is 10.2. The average molecular weight is 196 g/mol. The van der Waals surface area contributed by atoms with E-state index in [1.54, 1.807) is 6.08 Å². The summed E-state index contributed by atoms with van der Waals surface area (Å²) in [6.07, 6.45) is 7.67. The number of hydrogen-bond donors (Lipinski definition) is 1. The number of oxime groups is 1. The molecule has 0 fully saturated rings. The predicted molar refractivity (Wildman–Crippen MR) is 54.8 cm³/mol. The summed E-state index contributed by atoms with van der Waals surface area (Å²) < 4.78 is 0. The van der Waals surface area contributed by atoms with Crippen molar-refractivity contribution in [2.24, 2.45) is 5.16 Å². The minimum Gasteiger partial charge on any atom is -0.394 e. The highest BCUT2D eigenvalue weighted by molar-refractivity contribution is 6.15. The van der Waals surface area contributed by atoms with Crippen LogP contribution < -0.4 is 5.32 Å². The molecule has 0 radical (unpaired) electrons. The summed E-state index contributed by atoms with van der Waals surface area (Å²) in [5.74, 6) is 0.351. The summed E-state index contributed by atoms with van der Waals surface area (Å²) in [6.45, 7) is 2.78. The van der Waals surface area contributed by atoms with Crippen LogP contribution in [0.3, 0.4) is 0 Å². The molecule has 1 amide bonds. The third-order valence-corrected chi connectivity index (χ3v) is 1.90. The van der Waals surface area contributed by atoms with Gasteiger partial charge in [0.2, 0.25) is 5.91 Å². The van der Waals surface area contributed by atoms with Crippen molar-refractivity contribution in [2.45, 2.75) is 32.6 Å². The van der Waals surface area contributed by atoms with Gasteiger partial charge in [0.25, 0.3) is 0 Å². The number of nitrogens with one attached hydrogen (secondary N) is 1. The van der Waals surface area contributed by atoms with Crippen LogP contribution in [-0.2, 0) is 9.63 Å². The van der Waals surface area contributed by atoms with Crippen LogP contribution in [0.15, 0.2) is 17.3 Å². The van der Waals surface area contributed by atoms with E-state index < -0.39 is 0 Å². The SMILES string of the molecule is CCCCCCON=C1C=CC(=O)N1. The Kier molecular flexibility index (Phi) is 4.75. The first-order valence-corrected chi connectivity index (χ1v) is 5.02. The lowest BCUT2D eigenvalue weighted by atomic mass is 10.2. The Morgan fingerprint density at radius 2 is 2.21 bits per heavy atom. The Balaban J connectivity index is 2.03. The van der Waals surface area contributed by atoms with E-state index in [1.165, 1.54) is 25.3 Å². The number of amides is 1. The van der Waals surface area contributed by atoms with E-state index >= 15 is 0 Å². The molecule has 0 aromatic rings. The molecule has 1 N–H and O–H groups in total. The molecule has 14 heavy (non-hydrogen) atoms. The van der Waals surface area contributed by atoms with Gasteiger partial charge in [0.1, 0.15) is 6.61 Å². The summed E-state index contributed by atoms with van der Waals surface area (Å²) in [7, 11) is 0. The van der Waals surface area contributed by atoms with E-state index in [2.05, 4.69) is 17.4 Å². The van der Waals surface area contributed by atoms with Crippen molar-refractivity contribution in [1.29, 1.82) is 0 Å². The smallest absolute Gasteiger partial charge is 0.249 e. The third-order valence-electron chi connectivity index (χ3n) is 1.90. The molecule has 4 heteroatoms. The van der Waals surface area contributed by atoms with Crippen LogP contribution in [0.5, 0.6) is 0 Å². The number of unbranched alkanes of at least 4 members (excludes halogenated alkanes) is 3. The molecule has 0 saturated heterocycles. The Labute approximate surface area is 84.0 Å². The Morgan fingerprint density at radius 3 is 2.86 bits per heavy atom. The number of carbonyl (C=O) groups excluding carboxylic acids is 1. The van der Waals surface area contributed by atoms with Gasteiger partial charge < -0.3 is 10.2 Å². The highest BCUT2D eigenvalue weighted by atomic mass is 16.6. The van der Waals surface area contributed by atoms with E-state index in [0.29, 0.717) is 12.4 Å². The molecular weight excluding hydrogens is 180 g/mol. The van der Waals surface area contributed by atoms with Crippen LogP contribution in [0.25, 0.3) is 0 Å². The fourth-order valence-corrected chi connectivity index (χ4v) is 1.13. The second kappa shape index (κ2) is 6.18. The van der Waals surface area contributed by atoms with Crippen LogP contribution in [-0.4, -0.2) is 18.3 Å². The molecule has 0 saturated carbocycles. The zero-order valence-electron chi connectivity index (χ0n) is 8.45. The maximum atomic E-state index is 10.7. The normalized spacial score (nSPS) is 17.5. The highest BCUT2D eigenvalue weighted by Crippen LogP contribution is 1.99. The highest BCUT2D eigenvalue weighted by Gasteiger charge is 2.07. The third kappa shape index (κ3) is 4.07. The molecule has 1 rings (SSSR count). The Morgan fingerprint density at radius 1 is 1.36 bits per heavy atom. The number of nitrogens with zero attached hydrogens (tertiary/aromatic N) is 1. The molecule has 0 unspecified atom stereocenters. The fourth-order valence-electron chi connectivity index (χ4n) is 1.13. The fraction of sp³-hybridized carbons (Fsp3) is 0.600. The largest absolute Gasteiger partial charge is 0.394 e. The first-order valence-electron chi connectivity index (χ1n) is 5.02. The van der Waals surface area contributed by atoms with Crippen molar-refractivity contribution in [3.63, 3.8) is 0 Å². The lowest BCUT2D eigenvalue weighted by Crippen LogP contribution is -2.21. The first kappa shape index (κ1) is 10.8. The van der Waals surface area contributed by atoms with Gasteiger partial charge in [-0.05, 0) is 18.9 Å². The molecule has 0 aromatic carbocycles. The molecule has 1 aliphatic heterocycles. The van der Waals surface area contributed by atoms with E-state index in [0.717, 1.165) is 6.42 Å². The van der Waals surface area contributed by atoms with Crippen LogP contribution >= 0.6 is 0 Å². The second-order valence-corrected chi connectivity index (χ2v) is 3.19. The van der Waals surface area contributed by atoms with E-state index in [-0.39, 0.29) is 5.91 Å². The van der Waals surface area contributed by atoms with Gasteiger partial charge in [0.15, 0.2) is 5.84 Å². The zero-order valence-corrected chi connectivity index (χ0v) is 8.45. The molecule has 1 heterocycles. The molecular formula is C10H16N2O2. The van der Waals surface area contributed by atoms with Crippen molar-refractivity contribution in [1.82, 2.24) is 5.32 Å². The lowest BCUT2D eigenvalue weighted by molar-refractivity contribution is -0.114. The maximum Gasteiger partial charge on any atom is 0.249 e. The summed E-state index contributed by atoms with van der Waals surface area (Å²) in [4.78, 5) is 15.7. The van der Waals surface area contributed by atoms with Crippen LogP contribution in [0.1, 0.15) is 32.6 Å². The molecule has 0 spiro atoms. The van der Waals surface area contributed by atoms with Gasteiger partial charge in [-0.15, -0.1) is 0 Å². The van der Waals surface area contributed by atoms with Gasteiger partial charge in [0, 0.05) is 6.08 Å². The van der Waals surface area contributed by atoms with Gasteiger partial charge in [0.05, 0.1) is 0 Å². The summed E-state index contributed by atoms with van der Waals surface area (Å²) in [5.41, 5.74) is 0. The van der Waals surface area contributed by atoms with Gasteiger partial charge in [-0.25, -0.2) is 0 Å². The molecule has 0 bridgehead atoms. The van der Waals surface area contributed by atoms with Crippen molar-refractivity contribution in [3.8, 4) is 0 Å². The molecule has 0 aliphatic carbocycles. The van der Waals surface area contributed by atoms with Crippen LogP contribution in [0, 0.1) is 0 Å². The maximum absolute atomic E-state index is 10.7. The van der Waals surface area contributed by atoms with Gasteiger partial charge in [-0.1, -0.05) is 24.9 Å². The van der Waals surface area contributed by atoms with Crippen molar-refractivity contribution >= 4 is 11.7 Å². The molecule has 78 valence electrons. The molecule has 0 atom stereocenters. The van der Waals surface area contributed by atoms with Gasteiger partial charge in [-0.2, -0.15) is 0 Å². The number of rotatable bonds is 6. The van der Waals surface area contributed by atoms with Gasteiger partial charge >= 0.3 is 0 Å². The van der Waals surface area contributed by atoms with Crippen molar-refractivity contribution in [2.75, 3.05) is 6.61 Å². The first-order chi connectivity index (χ1) is 6.83. The lowest BCUT2D eigenvalue weighted by Gasteiger charge is -1.99. The Hall–Kier alpha value is -1.32. The predicted octanol–water partition coefficient (Wildman–Crippen LogP) is 1.58. The van der Waals surface area contributed by atoms with E-state index in [9.17, 15) is 4.79 Å². The Bertz CT molecular complexity index is 247. The average Bonchev–Trinajstić information content (AvgIpc) is 2.58. The quantitative estimate of drug-likeness (QED) is 0.518. The molecule has 0 aromatic heterocycles. The summed E-state index contributed by atoms with van der Waals surface area (Å²) in [6, 6.07) is 0. The molecule has 4 nitrogen and oxygen atoms in total. The van der Waals surface area contributed by atoms with E-state index in [1.807, 2.05) is 0 Å². The minimum absolute atomic E-state index is 0.140. The summed E-state index contributed by atoms with van der Waals surface area (Å²) in [5, 5.41) is 6.30.